The van der Waals surface area contributed by atoms with Crippen molar-refractivity contribution in [1.29, 1.82) is 0 Å². The number of nitrogens with zero attached hydrogens (tertiary/aromatic N) is 2. The predicted octanol–water partition coefficient (Wildman–Crippen LogP) is 2.39. The van der Waals surface area contributed by atoms with Crippen LogP contribution in [0.4, 0.5) is 0 Å². The van der Waals surface area contributed by atoms with Gasteiger partial charge in [0.1, 0.15) is 0 Å². The number of rotatable bonds is 3. The van der Waals surface area contributed by atoms with Crippen molar-refractivity contribution in [2.24, 2.45) is 11.7 Å². The molecular weight excluding hydrogens is 202 g/mol. The Balaban J connectivity index is 2.10. The highest BCUT2D eigenvalue weighted by Gasteiger charge is 2.35. The van der Waals surface area contributed by atoms with Gasteiger partial charge in [0, 0.05) is 6.42 Å². The number of hydrogen-bond donors (Lipinski definition) is 1. The maximum atomic E-state index is 6.33. The van der Waals surface area contributed by atoms with Crippen LogP contribution in [0.1, 0.15) is 57.7 Å². The minimum atomic E-state index is -0.361. The molecule has 1 aliphatic rings. The van der Waals surface area contributed by atoms with Gasteiger partial charge in [0.05, 0.1) is 5.54 Å². The molecule has 1 aliphatic carbocycles. The van der Waals surface area contributed by atoms with Gasteiger partial charge in [0.25, 0.3) is 0 Å². The minimum absolute atomic E-state index is 0.361. The Hall–Kier alpha value is -0.900. The fourth-order valence-corrected chi connectivity index (χ4v) is 2.30. The van der Waals surface area contributed by atoms with Crippen LogP contribution in [-0.2, 0) is 12.0 Å². The number of aromatic nitrogens is 2. The van der Waals surface area contributed by atoms with E-state index in [1.165, 1.54) is 19.3 Å². The predicted molar refractivity (Wildman–Crippen MR) is 61.8 cm³/mol. The summed E-state index contributed by atoms with van der Waals surface area (Å²) in [7, 11) is 0. The van der Waals surface area contributed by atoms with Gasteiger partial charge in [-0.3, -0.25) is 0 Å². The zero-order valence-corrected chi connectivity index (χ0v) is 10.2. The van der Waals surface area contributed by atoms with Crippen molar-refractivity contribution in [2.75, 3.05) is 0 Å². The maximum Gasteiger partial charge on any atom is 0.246 e. The zero-order chi connectivity index (χ0) is 11.6. The fraction of sp³-hybridized carbons (Fsp3) is 0.833. The van der Waals surface area contributed by atoms with E-state index in [1.54, 1.807) is 0 Å². The van der Waals surface area contributed by atoms with Gasteiger partial charge >= 0.3 is 0 Å². The summed E-state index contributed by atoms with van der Waals surface area (Å²) in [4.78, 5) is 4.44. The van der Waals surface area contributed by atoms with Crippen LogP contribution >= 0.6 is 0 Å². The third-order valence-corrected chi connectivity index (χ3v) is 3.23. The Morgan fingerprint density at radius 1 is 1.31 bits per heavy atom. The average Bonchev–Trinajstić information content (AvgIpc) is 2.67. The lowest BCUT2D eigenvalue weighted by Crippen LogP contribution is -2.39. The van der Waals surface area contributed by atoms with Crippen molar-refractivity contribution in [3.63, 3.8) is 0 Å². The Labute approximate surface area is 96.6 Å². The molecule has 0 atom stereocenters. The molecule has 4 nitrogen and oxygen atoms in total. The SMILES string of the molecule is CC(C)Cc1noc(C2(N)CCCCC2)n1. The molecule has 1 saturated carbocycles. The second kappa shape index (κ2) is 4.53. The lowest BCUT2D eigenvalue weighted by molar-refractivity contribution is 0.219. The van der Waals surface area contributed by atoms with Crippen molar-refractivity contribution in [1.82, 2.24) is 10.1 Å². The van der Waals surface area contributed by atoms with Crippen molar-refractivity contribution in [3.8, 4) is 0 Å². The van der Waals surface area contributed by atoms with Crippen molar-refractivity contribution in [3.05, 3.63) is 11.7 Å². The van der Waals surface area contributed by atoms with Gasteiger partial charge in [-0.1, -0.05) is 38.3 Å². The van der Waals surface area contributed by atoms with E-state index in [0.717, 1.165) is 25.1 Å². The van der Waals surface area contributed by atoms with Gasteiger partial charge < -0.3 is 10.3 Å². The van der Waals surface area contributed by atoms with E-state index >= 15 is 0 Å². The molecule has 90 valence electrons. The van der Waals surface area contributed by atoms with E-state index < -0.39 is 0 Å². The van der Waals surface area contributed by atoms with E-state index in [-0.39, 0.29) is 5.54 Å². The molecule has 0 amide bonds. The van der Waals surface area contributed by atoms with Gasteiger partial charge in [-0.15, -0.1) is 0 Å². The summed E-state index contributed by atoms with van der Waals surface area (Å²) in [5.74, 6) is 1.98. The lowest BCUT2D eigenvalue weighted by atomic mass is 9.82. The van der Waals surface area contributed by atoms with E-state index in [9.17, 15) is 0 Å². The van der Waals surface area contributed by atoms with E-state index in [2.05, 4.69) is 24.0 Å². The molecule has 0 saturated heterocycles. The highest BCUT2D eigenvalue weighted by molar-refractivity contribution is 5.03. The van der Waals surface area contributed by atoms with Crippen LogP contribution in [-0.4, -0.2) is 10.1 Å². The summed E-state index contributed by atoms with van der Waals surface area (Å²) in [6.45, 7) is 4.30. The summed E-state index contributed by atoms with van der Waals surface area (Å²) >= 11 is 0. The maximum absolute atomic E-state index is 6.33. The van der Waals surface area contributed by atoms with Crippen LogP contribution in [0, 0.1) is 5.92 Å². The van der Waals surface area contributed by atoms with Gasteiger partial charge in [0.15, 0.2) is 5.82 Å². The summed E-state index contributed by atoms with van der Waals surface area (Å²) < 4.78 is 5.32. The van der Waals surface area contributed by atoms with Gasteiger partial charge in [0.2, 0.25) is 5.89 Å². The molecule has 0 spiro atoms. The summed E-state index contributed by atoms with van der Waals surface area (Å²) in [5.41, 5.74) is 5.97. The average molecular weight is 223 g/mol. The molecule has 0 aliphatic heterocycles. The van der Waals surface area contributed by atoms with Crippen LogP contribution in [0.15, 0.2) is 4.52 Å². The third-order valence-electron chi connectivity index (χ3n) is 3.23. The van der Waals surface area contributed by atoms with Gasteiger partial charge in [-0.05, 0) is 18.8 Å². The molecule has 2 rings (SSSR count). The van der Waals surface area contributed by atoms with Crippen LogP contribution < -0.4 is 5.73 Å². The van der Waals surface area contributed by atoms with Gasteiger partial charge in [-0.25, -0.2) is 0 Å². The molecule has 16 heavy (non-hydrogen) atoms. The Bertz CT molecular complexity index is 340. The van der Waals surface area contributed by atoms with Crippen LogP contribution in [0.2, 0.25) is 0 Å². The highest BCUT2D eigenvalue weighted by atomic mass is 16.5. The molecule has 4 heteroatoms. The first-order chi connectivity index (χ1) is 7.60. The van der Waals surface area contributed by atoms with Crippen LogP contribution in [0.3, 0.4) is 0 Å². The molecule has 0 radical (unpaired) electrons. The number of nitrogens with two attached hydrogens (primary N) is 1. The molecule has 0 bridgehead atoms. The minimum Gasteiger partial charge on any atom is -0.337 e. The summed E-state index contributed by atoms with van der Waals surface area (Å²) in [5, 5.41) is 4.01. The van der Waals surface area contributed by atoms with Crippen LogP contribution in [0.25, 0.3) is 0 Å². The highest BCUT2D eigenvalue weighted by Crippen LogP contribution is 2.33. The normalized spacial score (nSPS) is 20.2. The molecule has 1 aromatic rings. The van der Waals surface area contributed by atoms with Crippen molar-refractivity contribution < 1.29 is 4.52 Å². The third kappa shape index (κ3) is 2.43. The van der Waals surface area contributed by atoms with E-state index in [0.29, 0.717) is 11.8 Å². The Morgan fingerprint density at radius 2 is 2.00 bits per heavy atom. The Kier molecular flexibility index (Phi) is 3.28. The first-order valence-corrected chi connectivity index (χ1v) is 6.22. The molecule has 0 unspecified atom stereocenters. The molecule has 2 N–H and O–H groups in total. The lowest BCUT2D eigenvalue weighted by Gasteiger charge is -2.29. The second-order valence-corrected chi connectivity index (χ2v) is 5.33. The Morgan fingerprint density at radius 3 is 2.62 bits per heavy atom. The van der Waals surface area contributed by atoms with Gasteiger partial charge in [-0.2, -0.15) is 4.98 Å². The van der Waals surface area contributed by atoms with Crippen LogP contribution in [0.5, 0.6) is 0 Å². The first kappa shape index (κ1) is 11.6. The first-order valence-electron chi connectivity index (χ1n) is 6.22. The van der Waals surface area contributed by atoms with Crippen molar-refractivity contribution >= 4 is 0 Å². The monoisotopic (exact) mass is 223 g/mol. The smallest absolute Gasteiger partial charge is 0.246 e. The topological polar surface area (TPSA) is 64.9 Å². The molecule has 1 fully saturated rings. The largest absolute Gasteiger partial charge is 0.337 e. The summed E-state index contributed by atoms with van der Waals surface area (Å²) in [6, 6.07) is 0. The quantitative estimate of drug-likeness (QED) is 0.854. The van der Waals surface area contributed by atoms with E-state index in [4.69, 9.17) is 10.3 Å². The van der Waals surface area contributed by atoms with E-state index in [1.807, 2.05) is 0 Å². The van der Waals surface area contributed by atoms with Crippen molar-refractivity contribution in [2.45, 2.75) is 57.9 Å². The summed E-state index contributed by atoms with van der Waals surface area (Å²) in [6.07, 6.45) is 6.40. The molecule has 0 aromatic carbocycles. The molecular formula is C12H21N3O. The number of hydrogen-bond acceptors (Lipinski definition) is 4. The zero-order valence-electron chi connectivity index (χ0n) is 10.2. The fourth-order valence-electron chi connectivity index (χ4n) is 2.30. The second-order valence-electron chi connectivity index (χ2n) is 5.33. The molecule has 1 aromatic heterocycles. The molecule has 1 heterocycles. The standard InChI is InChI=1S/C12H21N3O/c1-9(2)8-10-14-11(16-15-10)12(13)6-4-3-5-7-12/h9H,3-8,13H2,1-2H3.